The van der Waals surface area contributed by atoms with E-state index in [9.17, 15) is 4.79 Å². The number of rotatable bonds is 5. The molecule has 2 aromatic carbocycles. The van der Waals surface area contributed by atoms with E-state index in [1.54, 1.807) is 7.11 Å². The van der Waals surface area contributed by atoms with Crippen molar-refractivity contribution in [1.82, 2.24) is 4.90 Å². The summed E-state index contributed by atoms with van der Waals surface area (Å²) < 4.78 is 11.1. The van der Waals surface area contributed by atoms with Crippen LogP contribution in [0, 0.1) is 0 Å². The normalized spacial score (nSPS) is 19.2. The number of hydrogen-bond acceptors (Lipinski definition) is 4. The van der Waals surface area contributed by atoms with Gasteiger partial charge in [-0.1, -0.05) is 18.2 Å². The van der Waals surface area contributed by atoms with E-state index in [0.717, 1.165) is 29.7 Å². The van der Waals surface area contributed by atoms with Crippen LogP contribution in [0.3, 0.4) is 0 Å². The van der Waals surface area contributed by atoms with E-state index in [0.29, 0.717) is 24.1 Å². The Morgan fingerprint density at radius 3 is 2.68 bits per heavy atom. The first-order valence-corrected chi connectivity index (χ1v) is 8.72. The van der Waals surface area contributed by atoms with Crippen LogP contribution >= 0.6 is 0 Å². The fourth-order valence-corrected chi connectivity index (χ4v) is 3.37. The lowest BCUT2D eigenvalue weighted by Crippen LogP contribution is -2.44. The second kappa shape index (κ2) is 6.31. The first-order valence-electron chi connectivity index (χ1n) is 8.72. The largest absolute Gasteiger partial charge is 0.493 e. The van der Waals surface area contributed by atoms with Gasteiger partial charge in [0.1, 0.15) is 6.17 Å². The van der Waals surface area contributed by atoms with Gasteiger partial charge in [0.05, 0.1) is 19.3 Å². The predicted octanol–water partition coefficient (Wildman–Crippen LogP) is 3.82. The molecule has 1 amide bonds. The molecular formula is C20H22N2O3. The highest BCUT2D eigenvalue weighted by Gasteiger charge is 2.42. The van der Waals surface area contributed by atoms with E-state index in [-0.39, 0.29) is 12.1 Å². The number of methoxy groups -OCH3 is 1. The summed E-state index contributed by atoms with van der Waals surface area (Å²) in [4.78, 5) is 15.0. The maximum absolute atomic E-state index is 13.0. The molecule has 0 bridgehead atoms. The zero-order chi connectivity index (χ0) is 17.4. The highest BCUT2D eigenvalue weighted by Crippen LogP contribution is 2.42. The van der Waals surface area contributed by atoms with Gasteiger partial charge < -0.3 is 19.7 Å². The van der Waals surface area contributed by atoms with Crippen molar-refractivity contribution in [2.45, 2.75) is 32.0 Å². The molecular weight excluding hydrogens is 316 g/mol. The third kappa shape index (κ3) is 2.80. The van der Waals surface area contributed by atoms with Gasteiger partial charge in [-0.3, -0.25) is 4.79 Å². The van der Waals surface area contributed by atoms with Crippen molar-refractivity contribution >= 4 is 11.6 Å². The van der Waals surface area contributed by atoms with Gasteiger partial charge in [0.15, 0.2) is 11.5 Å². The number of nitrogens with zero attached hydrogens (tertiary/aromatic N) is 1. The third-order valence-electron chi connectivity index (χ3n) is 4.71. The minimum absolute atomic E-state index is 0.0923. The molecule has 2 aromatic rings. The molecule has 5 nitrogen and oxygen atoms in total. The van der Waals surface area contributed by atoms with E-state index in [1.807, 2.05) is 54.3 Å². The highest BCUT2D eigenvalue weighted by atomic mass is 16.5. The molecule has 1 atom stereocenters. The van der Waals surface area contributed by atoms with Gasteiger partial charge in [0.2, 0.25) is 0 Å². The van der Waals surface area contributed by atoms with Crippen LogP contribution in [0.4, 0.5) is 5.69 Å². The zero-order valence-electron chi connectivity index (χ0n) is 14.5. The van der Waals surface area contributed by atoms with Crippen molar-refractivity contribution in [1.29, 1.82) is 0 Å². The number of nitrogens with one attached hydrogen (secondary N) is 1. The summed E-state index contributed by atoms with van der Waals surface area (Å²) in [5.74, 6) is 1.49. The van der Waals surface area contributed by atoms with Crippen molar-refractivity contribution in [2.75, 3.05) is 19.0 Å². The molecule has 130 valence electrons. The summed E-state index contributed by atoms with van der Waals surface area (Å²) in [5.41, 5.74) is 2.61. The molecule has 1 fully saturated rings. The van der Waals surface area contributed by atoms with Crippen molar-refractivity contribution < 1.29 is 14.3 Å². The highest BCUT2D eigenvalue weighted by molar-refractivity contribution is 6.02. The quantitative estimate of drug-likeness (QED) is 0.900. The number of anilines is 1. The summed E-state index contributed by atoms with van der Waals surface area (Å²) >= 11 is 0. The zero-order valence-corrected chi connectivity index (χ0v) is 14.5. The van der Waals surface area contributed by atoms with Gasteiger partial charge >= 0.3 is 0 Å². The average molecular weight is 338 g/mol. The van der Waals surface area contributed by atoms with Crippen LogP contribution in [0.5, 0.6) is 11.5 Å². The van der Waals surface area contributed by atoms with E-state index in [1.165, 1.54) is 0 Å². The number of ether oxygens (including phenoxy) is 2. The lowest BCUT2D eigenvalue weighted by molar-refractivity contribution is 0.0666. The lowest BCUT2D eigenvalue weighted by atomic mass is 10.0. The molecule has 5 heteroatoms. The SMILES string of the molecule is CCOc1ccc(C2Nc3ccccc3C(=O)N2C2CC2)cc1OC. The molecule has 1 aliphatic heterocycles. The molecule has 1 unspecified atom stereocenters. The first-order chi connectivity index (χ1) is 12.2. The summed E-state index contributed by atoms with van der Waals surface area (Å²) in [6.07, 6.45) is 1.92. The molecule has 0 radical (unpaired) electrons. The Hall–Kier alpha value is -2.69. The molecule has 1 saturated carbocycles. The molecule has 0 aromatic heterocycles. The van der Waals surface area contributed by atoms with E-state index in [2.05, 4.69) is 5.32 Å². The topological polar surface area (TPSA) is 50.8 Å². The summed E-state index contributed by atoms with van der Waals surface area (Å²) in [6, 6.07) is 13.9. The Labute approximate surface area is 147 Å². The van der Waals surface area contributed by atoms with Crippen LogP contribution in [-0.2, 0) is 0 Å². The number of carbonyl (C=O) groups excluding carboxylic acids is 1. The number of benzene rings is 2. The minimum atomic E-state index is -0.195. The number of fused-ring (bicyclic) bond motifs is 1. The molecule has 25 heavy (non-hydrogen) atoms. The average Bonchev–Trinajstić information content (AvgIpc) is 3.47. The Morgan fingerprint density at radius 1 is 1.16 bits per heavy atom. The Balaban J connectivity index is 1.74. The molecule has 1 aliphatic carbocycles. The van der Waals surface area contributed by atoms with Crippen LogP contribution in [-0.4, -0.2) is 30.6 Å². The number of para-hydroxylation sites is 1. The van der Waals surface area contributed by atoms with Crippen LogP contribution in [0.2, 0.25) is 0 Å². The maximum Gasteiger partial charge on any atom is 0.258 e. The number of hydrogen-bond donors (Lipinski definition) is 1. The van der Waals surface area contributed by atoms with Gasteiger partial charge in [0, 0.05) is 11.7 Å². The van der Waals surface area contributed by atoms with Crippen LogP contribution in [0.1, 0.15) is 41.9 Å². The Morgan fingerprint density at radius 2 is 1.96 bits per heavy atom. The molecule has 0 saturated heterocycles. The molecule has 4 rings (SSSR count). The summed E-state index contributed by atoms with van der Waals surface area (Å²) in [6.45, 7) is 2.53. The molecule has 1 heterocycles. The van der Waals surface area contributed by atoms with Crippen LogP contribution in [0.25, 0.3) is 0 Å². The van der Waals surface area contributed by atoms with Gasteiger partial charge in [0.25, 0.3) is 5.91 Å². The van der Waals surface area contributed by atoms with E-state index in [4.69, 9.17) is 9.47 Å². The molecule has 1 N–H and O–H groups in total. The fourth-order valence-electron chi connectivity index (χ4n) is 3.37. The maximum atomic E-state index is 13.0. The van der Waals surface area contributed by atoms with Crippen molar-refractivity contribution in [3.63, 3.8) is 0 Å². The second-order valence-corrected chi connectivity index (χ2v) is 6.38. The number of amides is 1. The van der Waals surface area contributed by atoms with Crippen LogP contribution in [0.15, 0.2) is 42.5 Å². The monoisotopic (exact) mass is 338 g/mol. The predicted molar refractivity (Wildman–Crippen MR) is 96.2 cm³/mol. The smallest absolute Gasteiger partial charge is 0.258 e. The summed E-state index contributed by atoms with van der Waals surface area (Å²) in [7, 11) is 1.63. The Bertz CT molecular complexity index is 801. The van der Waals surface area contributed by atoms with Gasteiger partial charge in [-0.25, -0.2) is 0 Å². The van der Waals surface area contributed by atoms with Crippen molar-refractivity contribution in [2.24, 2.45) is 0 Å². The lowest BCUT2D eigenvalue weighted by Gasteiger charge is -2.38. The van der Waals surface area contributed by atoms with Gasteiger partial charge in [-0.15, -0.1) is 0 Å². The van der Waals surface area contributed by atoms with E-state index < -0.39 is 0 Å². The van der Waals surface area contributed by atoms with Crippen molar-refractivity contribution in [3.05, 3.63) is 53.6 Å². The van der Waals surface area contributed by atoms with Crippen molar-refractivity contribution in [3.8, 4) is 11.5 Å². The standard InChI is InChI=1S/C20H22N2O3/c1-3-25-17-11-8-13(12-18(17)24-2)19-21-16-7-5-4-6-15(16)20(23)22(19)14-9-10-14/h4-8,11-12,14,19,21H,3,9-10H2,1-2H3. The first kappa shape index (κ1) is 15.8. The van der Waals surface area contributed by atoms with Crippen LogP contribution < -0.4 is 14.8 Å². The van der Waals surface area contributed by atoms with E-state index >= 15 is 0 Å². The minimum Gasteiger partial charge on any atom is -0.493 e. The second-order valence-electron chi connectivity index (χ2n) is 6.38. The Kier molecular flexibility index (Phi) is 3.99. The number of carbonyl (C=O) groups is 1. The summed E-state index contributed by atoms with van der Waals surface area (Å²) in [5, 5.41) is 3.53. The fraction of sp³-hybridized carbons (Fsp3) is 0.350. The molecule has 2 aliphatic rings. The van der Waals surface area contributed by atoms with Gasteiger partial charge in [-0.05, 0) is 49.6 Å². The third-order valence-corrected chi connectivity index (χ3v) is 4.71. The molecule has 0 spiro atoms. The van der Waals surface area contributed by atoms with Gasteiger partial charge in [-0.2, -0.15) is 0 Å².